The Kier molecular flexibility index (Phi) is 8.13. The maximum atomic E-state index is 13.3. The number of benzene rings is 1. The fraction of sp³-hybridized carbons (Fsp3) is 0.467. The number of hydrogen-bond donors (Lipinski definition) is 1. The molecule has 11 heteroatoms. The molecule has 2 aliphatic carbocycles. The first-order chi connectivity index (χ1) is 19.9. The lowest BCUT2D eigenvalue weighted by Crippen LogP contribution is -2.42. The summed E-state index contributed by atoms with van der Waals surface area (Å²) in [7, 11) is 2.15. The number of furan rings is 1. The SMILES string of the molecule is CN(CCCn1nnc2cc(C=O)c3c(c21)CCC3)[C@H]1CC[C@H](OC(=O)[C@@](O)(c2ccc(Br)o2)c2cccs2)CC1. The number of aldehydes is 1. The lowest BCUT2D eigenvalue weighted by Gasteiger charge is -2.35. The van der Waals surface area contributed by atoms with Gasteiger partial charge in [-0.15, -0.1) is 16.4 Å². The van der Waals surface area contributed by atoms with Crippen molar-refractivity contribution in [3.63, 3.8) is 0 Å². The summed E-state index contributed by atoms with van der Waals surface area (Å²) in [5, 5.41) is 22.1. The Balaban J connectivity index is 1.03. The number of fused-ring (bicyclic) bond motifs is 3. The molecule has 216 valence electrons. The van der Waals surface area contributed by atoms with Crippen molar-refractivity contribution in [2.45, 2.75) is 75.7 Å². The van der Waals surface area contributed by atoms with Crippen molar-refractivity contribution in [3.8, 4) is 0 Å². The van der Waals surface area contributed by atoms with E-state index in [2.05, 4.69) is 38.2 Å². The third-order valence-electron chi connectivity index (χ3n) is 8.56. The first kappa shape index (κ1) is 28.3. The van der Waals surface area contributed by atoms with Gasteiger partial charge in [-0.1, -0.05) is 11.3 Å². The zero-order chi connectivity index (χ0) is 28.6. The van der Waals surface area contributed by atoms with Gasteiger partial charge in [-0.3, -0.25) is 4.79 Å². The van der Waals surface area contributed by atoms with Crippen LogP contribution >= 0.6 is 27.3 Å². The van der Waals surface area contributed by atoms with E-state index in [1.165, 1.54) is 16.9 Å². The summed E-state index contributed by atoms with van der Waals surface area (Å²) in [6.45, 7) is 1.68. The Labute approximate surface area is 250 Å². The van der Waals surface area contributed by atoms with Gasteiger partial charge in [0.05, 0.1) is 10.4 Å². The van der Waals surface area contributed by atoms with Gasteiger partial charge in [0.1, 0.15) is 17.9 Å². The Hall–Kier alpha value is -2.86. The molecule has 1 atom stereocenters. The fourth-order valence-electron chi connectivity index (χ4n) is 6.36. The molecule has 0 radical (unpaired) electrons. The molecule has 1 saturated carbocycles. The van der Waals surface area contributed by atoms with Crippen molar-refractivity contribution >= 4 is 50.6 Å². The molecular weight excluding hydrogens is 608 g/mol. The largest absolute Gasteiger partial charge is 0.460 e. The van der Waals surface area contributed by atoms with Crippen LogP contribution in [0.1, 0.15) is 70.6 Å². The molecule has 0 aliphatic heterocycles. The van der Waals surface area contributed by atoms with E-state index in [9.17, 15) is 14.7 Å². The number of esters is 1. The molecule has 0 saturated heterocycles. The van der Waals surface area contributed by atoms with Crippen LogP contribution in [-0.4, -0.2) is 63.0 Å². The van der Waals surface area contributed by atoms with Gasteiger partial charge in [0, 0.05) is 18.2 Å². The number of aliphatic hydroxyl groups is 1. The predicted molar refractivity (Wildman–Crippen MR) is 158 cm³/mol. The molecular formula is C30H33BrN4O5S. The minimum Gasteiger partial charge on any atom is -0.460 e. The molecule has 6 rings (SSSR count). The van der Waals surface area contributed by atoms with Gasteiger partial charge in [0.25, 0.3) is 5.60 Å². The molecule has 0 spiro atoms. The molecule has 41 heavy (non-hydrogen) atoms. The second-order valence-electron chi connectivity index (χ2n) is 11.0. The van der Waals surface area contributed by atoms with E-state index in [0.29, 0.717) is 15.6 Å². The number of hydrogen-bond acceptors (Lipinski definition) is 9. The lowest BCUT2D eigenvalue weighted by molar-refractivity contribution is -0.171. The van der Waals surface area contributed by atoms with E-state index >= 15 is 0 Å². The molecule has 0 unspecified atom stereocenters. The predicted octanol–water partition coefficient (Wildman–Crippen LogP) is 5.26. The maximum Gasteiger partial charge on any atom is 0.352 e. The average Bonchev–Trinajstić information content (AvgIpc) is 3.79. The third kappa shape index (κ3) is 5.40. The van der Waals surface area contributed by atoms with Crippen LogP contribution in [0.2, 0.25) is 0 Å². The van der Waals surface area contributed by atoms with Crippen molar-refractivity contribution in [3.05, 3.63) is 67.7 Å². The van der Waals surface area contributed by atoms with E-state index in [-0.39, 0.29) is 11.9 Å². The number of nitrogens with zero attached hydrogens (tertiary/aromatic N) is 4. The smallest absolute Gasteiger partial charge is 0.352 e. The molecule has 0 bridgehead atoms. The molecule has 1 aromatic carbocycles. The Morgan fingerprint density at radius 3 is 2.78 bits per heavy atom. The number of rotatable bonds is 10. The van der Waals surface area contributed by atoms with E-state index in [1.54, 1.807) is 24.3 Å². The van der Waals surface area contributed by atoms with Crippen LogP contribution < -0.4 is 0 Å². The van der Waals surface area contributed by atoms with Crippen molar-refractivity contribution in [2.24, 2.45) is 0 Å². The second-order valence-corrected chi connectivity index (χ2v) is 12.8. The fourth-order valence-corrected chi connectivity index (χ4v) is 7.48. The molecule has 4 aromatic rings. The Morgan fingerprint density at radius 1 is 1.27 bits per heavy atom. The van der Waals surface area contributed by atoms with Crippen LogP contribution in [-0.2, 0) is 34.5 Å². The van der Waals surface area contributed by atoms with Gasteiger partial charge in [-0.2, -0.15) is 0 Å². The molecule has 0 amide bonds. The number of thiophene rings is 1. The summed E-state index contributed by atoms with van der Waals surface area (Å²) >= 11 is 4.55. The summed E-state index contributed by atoms with van der Waals surface area (Å²) in [6.07, 6.45) is 7.89. The minimum atomic E-state index is -1.98. The van der Waals surface area contributed by atoms with Crippen LogP contribution in [0.4, 0.5) is 0 Å². The highest BCUT2D eigenvalue weighted by Gasteiger charge is 2.47. The van der Waals surface area contributed by atoms with Gasteiger partial charge in [0.15, 0.2) is 10.4 Å². The third-order valence-corrected chi connectivity index (χ3v) is 9.96. The number of carbonyl (C=O) groups is 2. The number of halogens is 1. The Morgan fingerprint density at radius 2 is 2.07 bits per heavy atom. The number of aromatic nitrogens is 3. The zero-order valence-corrected chi connectivity index (χ0v) is 25.3. The summed E-state index contributed by atoms with van der Waals surface area (Å²) in [6, 6.07) is 9.03. The zero-order valence-electron chi connectivity index (χ0n) is 22.9. The van der Waals surface area contributed by atoms with Gasteiger partial charge >= 0.3 is 5.97 Å². The van der Waals surface area contributed by atoms with Crippen LogP contribution in [0.25, 0.3) is 11.0 Å². The van der Waals surface area contributed by atoms with E-state index in [1.807, 2.05) is 16.1 Å². The Bertz CT molecular complexity index is 1540. The van der Waals surface area contributed by atoms with Crippen molar-refractivity contribution in [2.75, 3.05) is 13.6 Å². The second kappa shape index (κ2) is 11.8. The van der Waals surface area contributed by atoms with E-state index in [0.717, 1.165) is 92.9 Å². The average molecular weight is 642 g/mol. The number of aryl methyl sites for hydroxylation is 2. The van der Waals surface area contributed by atoms with Gasteiger partial charge in [0.2, 0.25) is 0 Å². The molecule has 2 aliphatic rings. The standard InChI is InChI=1S/C30H33BrN4O5S/c1-34(14-4-15-35-28-23-6-2-5-22(23)19(18-36)17-24(28)32-33-35)20-8-10-21(11-9-20)39-29(37)30(38,26-7-3-16-41-26)25-12-13-27(31)40-25/h3,7,12-13,16-18,20-21,38H,2,4-6,8-11,14-15H2,1H3/t20-,21-,30-/m1/s1. The first-order valence-corrected chi connectivity index (χ1v) is 15.8. The molecule has 3 aromatic heterocycles. The van der Waals surface area contributed by atoms with Crippen LogP contribution in [0.3, 0.4) is 0 Å². The first-order valence-electron chi connectivity index (χ1n) is 14.1. The van der Waals surface area contributed by atoms with Crippen LogP contribution in [0, 0.1) is 0 Å². The van der Waals surface area contributed by atoms with Gasteiger partial charge in [-0.25, -0.2) is 9.48 Å². The summed E-state index contributed by atoms with van der Waals surface area (Å²) in [5.41, 5.74) is 3.06. The quantitative estimate of drug-likeness (QED) is 0.185. The van der Waals surface area contributed by atoms with E-state index in [4.69, 9.17) is 9.15 Å². The van der Waals surface area contributed by atoms with Crippen molar-refractivity contribution in [1.82, 2.24) is 19.9 Å². The number of carbonyl (C=O) groups excluding carboxylic acids is 2. The molecule has 1 fully saturated rings. The van der Waals surface area contributed by atoms with Gasteiger partial charge in [-0.05, 0) is 122 Å². The van der Waals surface area contributed by atoms with Crippen LogP contribution in [0.5, 0.6) is 0 Å². The number of ether oxygens (including phenoxy) is 1. The summed E-state index contributed by atoms with van der Waals surface area (Å²) in [5.74, 6) is -0.565. The highest BCUT2D eigenvalue weighted by atomic mass is 79.9. The van der Waals surface area contributed by atoms with Crippen molar-refractivity contribution < 1.29 is 23.8 Å². The summed E-state index contributed by atoms with van der Waals surface area (Å²) in [4.78, 5) is 27.7. The monoisotopic (exact) mass is 640 g/mol. The van der Waals surface area contributed by atoms with Crippen LogP contribution in [0.15, 0.2) is 44.8 Å². The summed E-state index contributed by atoms with van der Waals surface area (Å²) < 4.78 is 13.9. The topological polar surface area (TPSA) is 111 Å². The molecule has 9 nitrogen and oxygen atoms in total. The van der Waals surface area contributed by atoms with Gasteiger partial charge < -0.3 is 19.2 Å². The normalized spacial score (nSPS) is 20.3. The highest BCUT2D eigenvalue weighted by molar-refractivity contribution is 9.10. The maximum absolute atomic E-state index is 13.3. The molecule has 1 N–H and O–H groups in total. The van der Waals surface area contributed by atoms with Crippen molar-refractivity contribution in [1.29, 1.82) is 0 Å². The lowest BCUT2D eigenvalue weighted by atomic mass is 9.91. The highest BCUT2D eigenvalue weighted by Crippen LogP contribution is 2.38. The van der Waals surface area contributed by atoms with E-state index < -0.39 is 11.6 Å². The minimum absolute atomic E-state index is 0.138. The molecule has 3 heterocycles.